The summed E-state index contributed by atoms with van der Waals surface area (Å²) in [6, 6.07) is 10.6. The molecular weight excluding hydrogens is 415 g/mol. The largest absolute Gasteiger partial charge is 0.497 e. The van der Waals surface area contributed by atoms with Gasteiger partial charge < -0.3 is 19.7 Å². The van der Waals surface area contributed by atoms with Crippen LogP contribution in [-0.2, 0) is 4.79 Å². The monoisotopic (exact) mass is 442 g/mol. The van der Waals surface area contributed by atoms with Crippen molar-refractivity contribution >= 4 is 17.6 Å². The Morgan fingerprint density at radius 2 is 1.91 bits per heavy atom. The van der Waals surface area contributed by atoms with E-state index in [4.69, 9.17) is 9.47 Å². The highest BCUT2D eigenvalue weighted by Crippen LogP contribution is 2.36. The number of hydrogen-bond acceptors (Lipinski definition) is 5. The van der Waals surface area contributed by atoms with Crippen LogP contribution in [0.5, 0.6) is 11.5 Å². The number of halogens is 1. The summed E-state index contributed by atoms with van der Waals surface area (Å²) in [4.78, 5) is 26.5. The molecule has 2 aromatic rings. The van der Waals surface area contributed by atoms with Gasteiger partial charge in [-0.3, -0.25) is 4.79 Å². The normalized spacial score (nSPS) is 15.2. The van der Waals surface area contributed by atoms with Gasteiger partial charge in [-0.25, -0.2) is 14.2 Å². The van der Waals surface area contributed by atoms with Gasteiger partial charge in [0.15, 0.2) is 0 Å². The summed E-state index contributed by atoms with van der Waals surface area (Å²) in [6.07, 6.45) is 0.408. The number of urea groups is 1. The number of rotatable bonds is 7. The van der Waals surface area contributed by atoms with Crippen molar-refractivity contribution in [2.24, 2.45) is 5.10 Å². The lowest BCUT2D eigenvalue weighted by atomic mass is 9.97. The van der Waals surface area contributed by atoms with E-state index in [2.05, 4.69) is 10.4 Å². The van der Waals surface area contributed by atoms with Crippen molar-refractivity contribution in [1.82, 2.24) is 15.2 Å². The van der Waals surface area contributed by atoms with Gasteiger partial charge in [-0.2, -0.15) is 5.10 Å². The molecule has 1 aliphatic rings. The molecule has 0 fully saturated rings. The topological polar surface area (TPSA) is 83.5 Å². The first-order chi connectivity index (χ1) is 15.4. The number of carbonyl (C=O) groups excluding carboxylic acids is 2. The number of hydrogen-bond donors (Lipinski definition) is 1. The van der Waals surface area contributed by atoms with Crippen LogP contribution in [0, 0.1) is 5.82 Å². The van der Waals surface area contributed by atoms with E-state index in [9.17, 15) is 14.0 Å². The van der Waals surface area contributed by atoms with Crippen molar-refractivity contribution in [3.63, 3.8) is 0 Å². The van der Waals surface area contributed by atoms with E-state index in [0.29, 0.717) is 30.2 Å². The third-order valence-corrected chi connectivity index (χ3v) is 5.19. The Bertz CT molecular complexity index is 1010. The third-order valence-electron chi connectivity index (χ3n) is 5.19. The molecule has 0 bridgehead atoms. The summed E-state index contributed by atoms with van der Waals surface area (Å²) >= 11 is 0. The number of carbonyl (C=O) groups is 2. The number of nitrogens with one attached hydrogen (secondary N) is 1. The molecule has 3 rings (SSSR count). The van der Waals surface area contributed by atoms with Crippen LogP contribution in [0.4, 0.5) is 9.18 Å². The Morgan fingerprint density at radius 3 is 2.53 bits per heavy atom. The number of likely N-dealkylation sites (N-methyl/N-ethyl adjacent to an activating group) is 1. The molecule has 0 aliphatic carbocycles. The lowest BCUT2D eigenvalue weighted by Crippen LogP contribution is -2.43. The number of methoxy groups -OCH3 is 2. The zero-order valence-corrected chi connectivity index (χ0v) is 18.6. The van der Waals surface area contributed by atoms with Gasteiger partial charge >= 0.3 is 6.03 Å². The molecule has 9 heteroatoms. The smallest absolute Gasteiger partial charge is 0.317 e. The molecule has 1 heterocycles. The molecule has 1 unspecified atom stereocenters. The summed E-state index contributed by atoms with van der Waals surface area (Å²) in [6.45, 7) is 2.11. The van der Waals surface area contributed by atoms with Crippen LogP contribution >= 0.6 is 0 Å². The molecule has 0 aromatic heterocycles. The molecule has 1 N–H and O–H groups in total. The average molecular weight is 442 g/mol. The first-order valence-corrected chi connectivity index (χ1v) is 10.2. The Kier molecular flexibility index (Phi) is 7.29. The predicted octanol–water partition coefficient (Wildman–Crippen LogP) is 3.18. The molecule has 170 valence electrons. The van der Waals surface area contributed by atoms with E-state index in [1.165, 1.54) is 22.0 Å². The van der Waals surface area contributed by atoms with Gasteiger partial charge in [-0.05, 0) is 36.8 Å². The van der Waals surface area contributed by atoms with Gasteiger partial charge in [-0.1, -0.05) is 12.1 Å². The number of hydrazone groups is 1. The van der Waals surface area contributed by atoms with Crippen molar-refractivity contribution < 1.29 is 23.5 Å². The van der Waals surface area contributed by atoms with E-state index >= 15 is 0 Å². The van der Waals surface area contributed by atoms with Crippen LogP contribution in [0.25, 0.3) is 0 Å². The van der Waals surface area contributed by atoms with Crippen LogP contribution in [0.2, 0.25) is 0 Å². The fourth-order valence-corrected chi connectivity index (χ4v) is 3.52. The Morgan fingerprint density at radius 1 is 1.19 bits per heavy atom. The highest BCUT2D eigenvalue weighted by Gasteiger charge is 2.34. The predicted molar refractivity (Wildman–Crippen MR) is 118 cm³/mol. The minimum atomic E-state index is -0.437. The number of nitrogens with zero attached hydrogens (tertiary/aromatic N) is 3. The van der Waals surface area contributed by atoms with Gasteiger partial charge in [-0.15, -0.1) is 0 Å². The van der Waals surface area contributed by atoms with Gasteiger partial charge in [0.2, 0.25) is 0 Å². The molecule has 3 amide bonds. The van der Waals surface area contributed by atoms with Crippen LogP contribution in [0.1, 0.15) is 30.5 Å². The molecular formula is C23H27FN4O4. The second-order valence-corrected chi connectivity index (χ2v) is 7.31. The number of benzene rings is 2. The van der Waals surface area contributed by atoms with E-state index in [1.54, 1.807) is 52.5 Å². The van der Waals surface area contributed by atoms with E-state index < -0.39 is 6.04 Å². The van der Waals surface area contributed by atoms with Crippen LogP contribution < -0.4 is 14.8 Å². The SMILES string of the molecule is CCNC(=O)N(C)CC(=O)N1N=C(c2ccc(OC)cc2OC)CC1c1ccc(F)cc1. The molecule has 1 atom stereocenters. The van der Waals surface area contributed by atoms with E-state index in [1.807, 2.05) is 6.07 Å². The number of amides is 3. The van der Waals surface area contributed by atoms with Crippen LogP contribution in [0.15, 0.2) is 47.6 Å². The summed E-state index contributed by atoms with van der Waals surface area (Å²) in [7, 11) is 4.66. The van der Waals surface area contributed by atoms with Gasteiger partial charge in [0.25, 0.3) is 5.91 Å². The highest BCUT2D eigenvalue weighted by molar-refractivity contribution is 6.05. The fraction of sp³-hybridized carbons (Fsp3) is 0.348. The lowest BCUT2D eigenvalue weighted by molar-refractivity contribution is -0.133. The average Bonchev–Trinajstić information content (AvgIpc) is 3.24. The van der Waals surface area contributed by atoms with Crippen molar-refractivity contribution in [2.75, 3.05) is 34.4 Å². The molecule has 0 saturated carbocycles. The van der Waals surface area contributed by atoms with E-state index in [-0.39, 0.29) is 24.3 Å². The minimum absolute atomic E-state index is 0.153. The maximum atomic E-state index is 13.5. The molecule has 0 spiro atoms. The van der Waals surface area contributed by atoms with E-state index in [0.717, 1.165) is 11.1 Å². The van der Waals surface area contributed by atoms with Crippen molar-refractivity contribution in [1.29, 1.82) is 0 Å². The first-order valence-electron chi connectivity index (χ1n) is 10.2. The van der Waals surface area contributed by atoms with Crippen LogP contribution in [0.3, 0.4) is 0 Å². The van der Waals surface area contributed by atoms with Gasteiger partial charge in [0, 0.05) is 31.6 Å². The quantitative estimate of drug-likeness (QED) is 0.714. The van der Waals surface area contributed by atoms with Crippen molar-refractivity contribution in [2.45, 2.75) is 19.4 Å². The Hall–Kier alpha value is -3.62. The third kappa shape index (κ3) is 4.99. The highest BCUT2D eigenvalue weighted by atomic mass is 19.1. The molecule has 32 heavy (non-hydrogen) atoms. The van der Waals surface area contributed by atoms with Gasteiger partial charge in [0.05, 0.1) is 26.0 Å². The Balaban J connectivity index is 1.94. The molecule has 0 radical (unpaired) electrons. The maximum absolute atomic E-state index is 13.5. The molecule has 8 nitrogen and oxygen atoms in total. The minimum Gasteiger partial charge on any atom is -0.497 e. The lowest BCUT2D eigenvalue weighted by Gasteiger charge is -2.25. The zero-order valence-electron chi connectivity index (χ0n) is 18.6. The first kappa shape index (κ1) is 23.1. The summed E-state index contributed by atoms with van der Waals surface area (Å²) in [5.41, 5.74) is 2.12. The molecule has 2 aromatic carbocycles. The standard InChI is InChI=1S/C23H27FN4O4/c1-5-25-23(30)27(2)14-22(29)28-20(15-6-8-16(24)9-7-15)13-19(26-28)18-11-10-17(31-3)12-21(18)32-4/h6-12,20H,5,13-14H2,1-4H3,(H,25,30). The number of ether oxygens (including phenoxy) is 2. The summed E-state index contributed by atoms with van der Waals surface area (Å²) in [5.74, 6) is 0.486. The van der Waals surface area contributed by atoms with Gasteiger partial charge in [0.1, 0.15) is 23.9 Å². The summed E-state index contributed by atoms with van der Waals surface area (Å²) < 4.78 is 24.2. The summed E-state index contributed by atoms with van der Waals surface area (Å²) in [5, 5.41) is 8.61. The van der Waals surface area contributed by atoms with Crippen molar-refractivity contribution in [3.05, 3.63) is 59.4 Å². The molecule has 0 saturated heterocycles. The van der Waals surface area contributed by atoms with Crippen molar-refractivity contribution in [3.8, 4) is 11.5 Å². The van der Waals surface area contributed by atoms with Crippen LogP contribution in [-0.4, -0.2) is 61.9 Å². The fourth-order valence-electron chi connectivity index (χ4n) is 3.52. The zero-order chi connectivity index (χ0) is 23.3. The maximum Gasteiger partial charge on any atom is 0.317 e. The second-order valence-electron chi connectivity index (χ2n) is 7.31. The second kappa shape index (κ2) is 10.1. The Labute approximate surface area is 186 Å². The molecule has 1 aliphatic heterocycles.